The Labute approximate surface area is 176 Å². The molecule has 1 amide bonds. The van der Waals surface area contributed by atoms with E-state index >= 15 is 0 Å². The third kappa shape index (κ3) is 4.36. The number of carbonyl (C=O) groups excluding carboxylic acids is 2. The van der Waals surface area contributed by atoms with Crippen molar-refractivity contribution >= 4 is 52.8 Å². The number of phenols is 1. The second-order valence-corrected chi connectivity index (χ2v) is 7.48. The summed E-state index contributed by atoms with van der Waals surface area (Å²) in [6.45, 7) is 0. The van der Waals surface area contributed by atoms with Crippen molar-refractivity contribution in [1.29, 1.82) is 0 Å². The molecule has 0 radical (unpaired) electrons. The second kappa shape index (κ2) is 8.03. The van der Waals surface area contributed by atoms with Gasteiger partial charge in [-0.25, -0.2) is 4.98 Å². The van der Waals surface area contributed by atoms with Crippen LogP contribution in [0.4, 0.5) is 17.3 Å². The van der Waals surface area contributed by atoms with Crippen molar-refractivity contribution in [2.75, 3.05) is 10.6 Å². The van der Waals surface area contributed by atoms with Crippen LogP contribution in [0.5, 0.6) is 5.75 Å². The van der Waals surface area contributed by atoms with Gasteiger partial charge in [0.15, 0.2) is 5.65 Å². The van der Waals surface area contributed by atoms with Crippen molar-refractivity contribution in [2.24, 2.45) is 5.73 Å². The van der Waals surface area contributed by atoms with E-state index in [1.165, 1.54) is 12.1 Å². The Morgan fingerprint density at radius 2 is 2.17 bits per heavy atom. The van der Waals surface area contributed by atoms with Crippen LogP contribution in [0, 0.1) is 0 Å². The average molecular weight is 427 g/mol. The number of carbonyl (C=O) groups is 2. The van der Waals surface area contributed by atoms with Crippen LogP contribution in [-0.4, -0.2) is 37.9 Å². The number of nitrogens with two attached hydrogens (primary N) is 1. The van der Waals surface area contributed by atoms with Crippen molar-refractivity contribution in [3.63, 3.8) is 0 Å². The standard InChI is InChI=1S/C20H19ClN6O3/c21-13-1-4-16(29)15(7-13)25-18-8-19(24-14-2-3-14)27-20(26-18)12(9-23-27)5-11(10-28)6-17(22)30/h1,4-5,7-10,14,24,29H,2-3,6H2,(H2,22,30)(H,25,26)/b11-5+. The summed E-state index contributed by atoms with van der Waals surface area (Å²) in [6.07, 6.45) is 5.62. The van der Waals surface area contributed by atoms with Crippen molar-refractivity contribution in [3.05, 3.63) is 46.6 Å². The number of hydrogen-bond acceptors (Lipinski definition) is 7. The molecule has 2 aromatic heterocycles. The fourth-order valence-corrected chi connectivity index (χ4v) is 3.13. The molecule has 10 heteroatoms. The summed E-state index contributed by atoms with van der Waals surface area (Å²) in [5.74, 6) is 0.568. The Morgan fingerprint density at radius 1 is 1.37 bits per heavy atom. The van der Waals surface area contributed by atoms with Crippen LogP contribution in [0.15, 0.2) is 36.0 Å². The lowest BCUT2D eigenvalue weighted by atomic mass is 10.1. The number of nitrogens with zero attached hydrogens (tertiary/aromatic N) is 3. The monoisotopic (exact) mass is 426 g/mol. The SMILES string of the molecule is NC(=O)C/C(C=O)=C\c1cnn2c(NC3CC3)cc(Nc3cc(Cl)ccc3O)nc12. The van der Waals surface area contributed by atoms with Crippen molar-refractivity contribution in [1.82, 2.24) is 14.6 Å². The summed E-state index contributed by atoms with van der Waals surface area (Å²) >= 11 is 6.03. The first kappa shape index (κ1) is 19.7. The number of nitrogens with one attached hydrogen (secondary N) is 2. The molecule has 4 rings (SSSR count). The molecule has 1 aromatic carbocycles. The average Bonchev–Trinajstić information content (AvgIpc) is 3.43. The van der Waals surface area contributed by atoms with E-state index in [9.17, 15) is 14.7 Å². The van der Waals surface area contributed by atoms with Gasteiger partial charge in [-0.1, -0.05) is 11.6 Å². The first-order valence-corrected chi connectivity index (χ1v) is 9.65. The highest BCUT2D eigenvalue weighted by Crippen LogP contribution is 2.32. The molecule has 2 heterocycles. The Bertz CT molecular complexity index is 1170. The number of fused-ring (bicyclic) bond motifs is 1. The maximum Gasteiger partial charge on any atom is 0.221 e. The summed E-state index contributed by atoms with van der Waals surface area (Å²) in [4.78, 5) is 27.1. The molecule has 5 N–H and O–H groups in total. The molecule has 9 nitrogen and oxygen atoms in total. The Morgan fingerprint density at radius 3 is 2.87 bits per heavy atom. The highest BCUT2D eigenvalue weighted by molar-refractivity contribution is 6.31. The first-order chi connectivity index (χ1) is 14.4. The molecule has 3 aromatic rings. The lowest BCUT2D eigenvalue weighted by molar-refractivity contribution is -0.118. The van der Waals surface area contributed by atoms with Gasteiger partial charge in [0.05, 0.1) is 18.3 Å². The van der Waals surface area contributed by atoms with Crippen molar-refractivity contribution < 1.29 is 14.7 Å². The number of anilines is 3. The van der Waals surface area contributed by atoms with E-state index in [-0.39, 0.29) is 17.7 Å². The van der Waals surface area contributed by atoms with Gasteiger partial charge < -0.3 is 21.5 Å². The topological polar surface area (TPSA) is 135 Å². The lowest BCUT2D eigenvalue weighted by Crippen LogP contribution is -2.11. The Hall–Kier alpha value is -3.59. The summed E-state index contributed by atoms with van der Waals surface area (Å²) < 4.78 is 1.62. The minimum absolute atomic E-state index is 0.0242. The number of phenolic OH excluding ortho intramolecular Hbond substituents is 1. The number of amides is 1. The number of rotatable bonds is 8. The fraction of sp³-hybridized carbons (Fsp3) is 0.200. The molecule has 0 unspecified atom stereocenters. The van der Waals surface area contributed by atoms with Gasteiger partial charge in [-0.3, -0.25) is 9.59 Å². The smallest absolute Gasteiger partial charge is 0.221 e. The van der Waals surface area contributed by atoms with Gasteiger partial charge in [0.25, 0.3) is 0 Å². The van der Waals surface area contributed by atoms with Crippen LogP contribution in [0.25, 0.3) is 11.7 Å². The zero-order valence-corrected chi connectivity index (χ0v) is 16.6. The zero-order valence-electron chi connectivity index (χ0n) is 15.8. The first-order valence-electron chi connectivity index (χ1n) is 9.28. The lowest BCUT2D eigenvalue weighted by Gasteiger charge is -2.12. The number of hydrogen-bond donors (Lipinski definition) is 4. The van der Waals surface area contributed by atoms with Gasteiger partial charge in [0, 0.05) is 28.3 Å². The van der Waals surface area contributed by atoms with Gasteiger partial charge in [-0.05, 0) is 37.1 Å². The van der Waals surface area contributed by atoms with Gasteiger partial charge in [0.2, 0.25) is 5.91 Å². The molecule has 1 saturated carbocycles. The van der Waals surface area contributed by atoms with E-state index in [2.05, 4.69) is 20.7 Å². The van der Waals surface area contributed by atoms with Crippen LogP contribution >= 0.6 is 11.6 Å². The molecule has 1 aliphatic rings. The summed E-state index contributed by atoms with van der Waals surface area (Å²) in [7, 11) is 0. The Balaban J connectivity index is 1.78. The largest absolute Gasteiger partial charge is 0.506 e. The van der Waals surface area contributed by atoms with E-state index in [4.69, 9.17) is 17.3 Å². The highest BCUT2D eigenvalue weighted by Gasteiger charge is 2.23. The van der Waals surface area contributed by atoms with E-state index in [1.807, 2.05) is 0 Å². The number of halogens is 1. The summed E-state index contributed by atoms with van der Waals surface area (Å²) in [5.41, 5.74) is 6.84. The summed E-state index contributed by atoms with van der Waals surface area (Å²) in [5, 5.41) is 21.4. The predicted octanol–water partition coefficient (Wildman–Crippen LogP) is 2.86. The van der Waals surface area contributed by atoms with Crippen LogP contribution in [0.2, 0.25) is 5.02 Å². The summed E-state index contributed by atoms with van der Waals surface area (Å²) in [6, 6.07) is 6.78. The molecule has 0 bridgehead atoms. The minimum atomic E-state index is -0.604. The molecule has 0 spiro atoms. The van der Waals surface area contributed by atoms with E-state index in [0.29, 0.717) is 45.9 Å². The van der Waals surface area contributed by atoms with Crippen LogP contribution < -0.4 is 16.4 Å². The fourth-order valence-electron chi connectivity index (χ4n) is 2.96. The van der Waals surface area contributed by atoms with Crippen LogP contribution in [-0.2, 0) is 9.59 Å². The van der Waals surface area contributed by atoms with Crippen molar-refractivity contribution in [2.45, 2.75) is 25.3 Å². The maximum absolute atomic E-state index is 11.3. The third-order valence-electron chi connectivity index (χ3n) is 4.52. The number of primary amides is 1. The van der Waals surface area contributed by atoms with Crippen LogP contribution in [0.3, 0.4) is 0 Å². The molecular weight excluding hydrogens is 408 g/mol. The Kier molecular flexibility index (Phi) is 5.28. The van der Waals surface area contributed by atoms with Gasteiger partial charge in [-0.2, -0.15) is 9.61 Å². The number of aromatic hydroxyl groups is 1. The second-order valence-electron chi connectivity index (χ2n) is 7.05. The molecule has 30 heavy (non-hydrogen) atoms. The van der Waals surface area contributed by atoms with Crippen molar-refractivity contribution in [3.8, 4) is 5.75 Å². The van der Waals surface area contributed by atoms with Crippen LogP contribution in [0.1, 0.15) is 24.8 Å². The van der Waals surface area contributed by atoms with Gasteiger partial charge in [0.1, 0.15) is 23.7 Å². The quantitative estimate of drug-likeness (QED) is 0.247. The number of benzene rings is 1. The van der Waals surface area contributed by atoms with E-state index in [1.54, 1.807) is 28.9 Å². The number of aldehydes is 1. The third-order valence-corrected chi connectivity index (χ3v) is 4.76. The molecular formula is C20H19ClN6O3. The molecule has 0 aliphatic heterocycles. The molecule has 0 atom stereocenters. The molecule has 154 valence electrons. The normalized spacial score (nSPS) is 14.0. The predicted molar refractivity (Wildman–Crippen MR) is 114 cm³/mol. The zero-order chi connectivity index (χ0) is 21.3. The van der Waals surface area contributed by atoms with E-state index < -0.39 is 5.91 Å². The molecule has 1 aliphatic carbocycles. The highest BCUT2D eigenvalue weighted by atomic mass is 35.5. The molecule has 1 fully saturated rings. The van der Waals surface area contributed by atoms with Gasteiger partial charge >= 0.3 is 0 Å². The maximum atomic E-state index is 11.3. The van der Waals surface area contributed by atoms with E-state index in [0.717, 1.165) is 12.8 Å². The number of aromatic nitrogens is 3. The molecule has 0 saturated heterocycles. The van der Waals surface area contributed by atoms with Gasteiger partial charge in [-0.15, -0.1) is 0 Å². The minimum Gasteiger partial charge on any atom is -0.506 e.